The molecular weight excluding hydrogens is 292 g/mol. The smallest absolute Gasteiger partial charge is 0.231 e. The van der Waals surface area contributed by atoms with Gasteiger partial charge in [0.05, 0.1) is 17.6 Å². The van der Waals surface area contributed by atoms with Crippen molar-refractivity contribution in [3.8, 4) is 0 Å². The first-order chi connectivity index (χ1) is 10.6. The van der Waals surface area contributed by atoms with Crippen molar-refractivity contribution in [2.45, 2.75) is 20.3 Å². The molecule has 4 rings (SSSR count). The maximum atomic E-state index is 10.6. The molecule has 1 unspecified atom stereocenters. The number of fused-ring (bicyclic) bond motifs is 3. The van der Waals surface area contributed by atoms with Gasteiger partial charge >= 0.3 is 0 Å². The monoisotopic (exact) mass is 311 g/mol. The highest BCUT2D eigenvalue weighted by molar-refractivity contribution is 5.66. The minimum Gasteiger partial charge on any atom is -0.492 e. The van der Waals surface area contributed by atoms with Gasteiger partial charge in [0.25, 0.3) is 0 Å². The molecule has 2 aliphatic heterocycles. The number of aryl methyl sites for hydroxylation is 1. The predicted octanol–water partition coefficient (Wildman–Crippen LogP) is 2.25. The fourth-order valence-corrected chi connectivity index (χ4v) is 3.07. The van der Waals surface area contributed by atoms with Gasteiger partial charge in [0.1, 0.15) is 5.70 Å². The van der Waals surface area contributed by atoms with Crippen molar-refractivity contribution in [3.63, 3.8) is 0 Å². The molecule has 2 aliphatic rings. The fraction of sp³-hybridized carbons (Fsp3) is 0.235. The number of para-hydroxylation sites is 1. The Balaban J connectivity index is 0.00000156. The molecule has 3 N–H and O–H groups in total. The van der Waals surface area contributed by atoms with E-state index in [2.05, 4.69) is 23.5 Å². The molecule has 1 aromatic heterocycles. The lowest BCUT2D eigenvalue weighted by molar-refractivity contribution is 0.381. The third-order valence-electron chi connectivity index (χ3n) is 4.19. The number of anilines is 2. The van der Waals surface area contributed by atoms with Crippen LogP contribution in [0, 0.1) is 12.8 Å². The fourth-order valence-electron chi connectivity index (χ4n) is 3.07. The number of aromatic nitrogens is 1. The van der Waals surface area contributed by atoms with Crippen LogP contribution >= 0.6 is 0 Å². The van der Waals surface area contributed by atoms with E-state index in [1.807, 2.05) is 42.3 Å². The lowest BCUT2D eigenvalue weighted by atomic mass is 9.92. The van der Waals surface area contributed by atoms with Crippen LogP contribution in [0.4, 0.5) is 11.4 Å². The van der Waals surface area contributed by atoms with Crippen LogP contribution in [-0.2, 0) is 6.42 Å². The number of hydrogen-bond donors (Lipinski definition) is 1. The highest BCUT2D eigenvalue weighted by Gasteiger charge is 2.39. The minimum absolute atomic E-state index is 0. The number of benzene rings is 1. The Bertz CT molecular complexity index is 757. The highest BCUT2D eigenvalue weighted by atomic mass is 16.3. The van der Waals surface area contributed by atoms with E-state index in [1.54, 1.807) is 11.2 Å². The molecule has 0 saturated carbocycles. The molecule has 119 valence electrons. The van der Waals surface area contributed by atoms with Crippen LogP contribution in [0.25, 0.3) is 0 Å². The molecule has 6 nitrogen and oxygen atoms in total. The van der Waals surface area contributed by atoms with Gasteiger partial charge in [0.15, 0.2) is 0 Å². The van der Waals surface area contributed by atoms with Gasteiger partial charge in [-0.25, -0.2) is 10.0 Å². The summed E-state index contributed by atoms with van der Waals surface area (Å²) < 4.78 is 0. The van der Waals surface area contributed by atoms with E-state index >= 15 is 0 Å². The normalized spacial score (nSPS) is 19.3. The van der Waals surface area contributed by atoms with E-state index in [0.717, 1.165) is 29.2 Å². The molecule has 6 heteroatoms. The maximum Gasteiger partial charge on any atom is 0.231 e. The molecule has 23 heavy (non-hydrogen) atoms. The number of nitrogens with zero attached hydrogens (tertiary/aromatic N) is 4. The Morgan fingerprint density at radius 1 is 1.13 bits per heavy atom. The third-order valence-corrected chi connectivity index (χ3v) is 4.19. The van der Waals surface area contributed by atoms with Gasteiger partial charge in [-0.15, -0.1) is 0 Å². The second kappa shape index (κ2) is 5.57. The van der Waals surface area contributed by atoms with Crippen LogP contribution < -0.4 is 15.6 Å². The summed E-state index contributed by atoms with van der Waals surface area (Å²) in [7, 11) is 0. The van der Waals surface area contributed by atoms with Gasteiger partial charge in [-0.05, 0) is 42.6 Å². The van der Waals surface area contributed by atoms with Crippen molar-refractivity contribution >= 4 is 11.4 Å². The molecule has 0 saturated heterocycles. The summed E-state index contributed by atoms with van der Waals surface area (Å²) in [6.07, 6.45) is 2.63. The Kier molecular flexibility index (Phi) is 3.71. The first-order valence-corrected chi connectivity index (χ1v) is 7.40. The number of hydrogen-bond acceptors (Lipinski definition) is 4. The van der Waals surface area contributed by atoms with Crippen LogP contribution in [0.1, 0.15) is 18.2 Å². The molecule has 1 atom stereocenters. The van der Waals surface area contributed by atoms with Gasteiger partial charge in [-0.2, -0.15) is 0 Å². The molecule has 0 fully saturated rings. The van der Waals surface area contributed by atoms with Crippen molar-refractivity contribution in [1.29, 1.82) is 0 Å². The van der Waals surface area contributed by atoms with Crippen LogP contribution in [-0.4, -0.2) is 15.6 Å². The number of pyridine rings is 1. The zero-order valence-corrected chi connectivity index (χ0v) is 13.1. The molecule has 1 radical (unpaired) electrons. The van der Waals surface area contributed by atoms with Gasteiger partial charge in [0.2, 0.25) is 5.88 Å². The summed E-state index contributed by atoms with van der Waals surface area (Å²) in [6, 6.07) is 12.0. The zero-order valence-electron chi connectivity index (χ0n) is 13.1. The van der Waals surface area contributed by atoms with E-state index in [1.165, 1.54) is 5.56 Å². The van der Waals surface area contributed by atoms with Crippen molar-refractivity contribution in [3.05, 3.63) is 65.4 Å². The molecule has 0 spiro atoms. The molecule has 3 heterocycles. The van der Waals surface area contributed by atoms with Crippen LogP contribution in [0.5, 0.6) is 0 Å². The largest absolute Gasteiger partial charge is 0.492 e. The van der Waals surface area contributed by atoms with Crippen molar-refractivity contribution < 1.29 is 10.6 Å². The van der Waals surface area contributed by atoms with Gasteiger partial charge in [0, 0.05) is 11.6 Å². The average molecular weight is 311 g/mol. The number of aliphatic hydroxyl groups is 1. The summed E-state index contributed by atoms with van der Waals surface area (Å²) in [6.45, 7) is 4.05. The molecule has 0 bridgehead atoms. The quantitative estimate of drug-likeness (QED) is 0.875. The first kappa shape index (κ1) is 15.3. The highest BCUT2D eigenvalue weighted by Crippen LogP contribution is 2.40. The average Bonchev–Trinajstić information content (AvgIpc) is 2.87. The molecule has 1 aromatic carbocycles. The number of aliphatic hydroxyl groups excluding tert-OH is 1. The van der Waals surface area contributed by atoms with Crippen LogP contribution in [0.15, 0.2) is 54.2 Å². The summed E-state index contributed by atoms with van der Waals surface area (Å²) in [5.41, 5.74) is 9.41. The Hall–Kier alpha value is -2.57. The van der Waals surface area contributed by atoms with Crippen molar-refractivity contribution in [1.82, 2.24) is 10.5 Å². The van der Waals surface area contributed by atoms with Crippen molar-refractivity contribution in [2.75, 3.05) is 10.0 Å². The molecule has 2 aromatic rings. The maximum absolute atomic E-state index is 10.6. The molecule has 0 amide bonds. The Labute approximate surface area is 134 Å². The summed E-state index contributed by atoms with van der Waals surface area (Å²) in [5.74, 6) is 0.398. The lowest BCUT2D eigenvalue weighted by Gasteiger charge is -2.30. The van der Waals surface area contributed by atoms with Gasteiger partial charge < -0.3 is 10.6 Å². The van der Waals surface area contributed by atoms with E-state index in [0.29, 0.717) is 0 Å². The summed E-state index contributed by atoms with van der Waals surface area (Å²) in [5, 5.41) is 14.0. The third kappa shape index (κ3) is 2.32. The SMILES string of the molecule is Cc1ccc(N2[N]N3C(=C2O)C(C)Cc2ccccc23)cn1.O. The molecular formula is C17H19N4O2. The van der Waals surface area contributed by atoms with E-state index < -0.39 is 0 Å². The number of rotatable bonds is 1. The van der Waals surface area contributed by atoms with E-state index in [-0.39, 0.29) is 17.3 Å². The minimum atomic E-state index is 0. The standard InChI is InChI=1S/C17H17N4O.H2O/c1-11-9-13-5-3-4-6-15(13)21-16(11)17(22)20(19-21)14-8-7-12(2)18-10-14;/h3-8,10-11,22H,9H2,1-2H3;1H2. The topological polar surface area (TPSA) is 85.2 Å². The van der Waals surface area contributed by atoms with E-state index in [9.17, 15) is 5.11 Å². The Morgan fingerprint density at radius 3 is 2.65 bits per heavy atom. The second-order valence-electron chi connectivity index (χ2n) is 5.81. The summed E-state index contributed by atoms with van der Waals surface area (Å²) in [4.78, 5) is 4.28. The first-order valence-electron chi connectivity index (χ1n) is 7.40. The second-order valence-corrected chi connectivity index (χ2v) is 5.81. The van der Waals surface area contributed by atoms with Crippen LogP contribution in [0.2, 0.25) is 0 Å². The number of allylic oxidation sites excluding steroid dienone is 1. The van der Waals surface area contributed by atoms with Gasteiger partial charge in [-0.3, -0.25) is 4.98 Å². The van der Waals surface area contributed by atoms with Gasteiger partial charge in [-0.1, -0.05) is 25.1 Å². The zero-order chi connectivity index (χ0) is 15.3. The molecule has 0 aliphatic carbocycles. The van der Waals surface area contributed by atoms with E-state index in [4.69, 9.17) is 0 Å². The lowest BCUT2D eigenvalue weighted by Crippen LogP contribution is -2.38. The Morgan fingerprint density at radius 2 is 1.91 bits per heavy atom. The summed E-state index contributed by atoms with van der Waals surface area (Å²) >= 11 is 0. The predicted molar refractivity (Wildman–Crippen MR) is 88.6 cm³/mol. The van der Waals surface area contributed by atoms with Crippen LogP contribution in [0.3, 0.4) is 0 Å². The van der Waals surface area contributed by atoms with Crippen molar-refractivity contribution in [2.24, 2.45) is 5.92 Å².